The fraction of sp³-hybridized carbons (Fsp3) is 0.0909. The Morgan fingerprint density at radius 2 is 1.46 bits per heavy atom. The topological polar surface area (TPSA) is 79.5 Å². The molecule has 3 rings (SSSR count). The van der Waals surface area contributed by atoms with Crippen molar-refractivity contribution in [1.29, 1.82) is 0 Å². The van der Waals surface area contributed by atoms with E-state index in [1.54, 1.807) is 37.4 Å². The van der Waals surface area contributed by atoms with Gasteiger partial charge in [-0.1, -0.05) is 18.2 Å². The summed E-state index contributed by atoms with van der Waals surface area (Å²) >= 11 is 0. The van der Waals surface area contributed by atoms with Gasteiger partial charge in [0.2, 0.25) is 5.91 Å². The van der Waals surface area contributed by atoms with E-state index in [2.05, 4.69) is 16.0 Å². The van der Waals surface area contributed by atoms with Crippen molar-refractivity contribution in [2.45, 2.75) is 6.92 Å². The van der Waals surface area contributed by atoms with Crippen molar-refractivity contribution in [2.24, 2.45) is 0 Å². The van der Waals surface area contributed by atoms with Crippen molar-refractivity contribution in [3.63, 3.8) is 0 Å². The first kappa shape index (κ1) is 19.0. The average molecular weight is 375 g/mol. The van der Waals surface area contributed by atoms with E-state index in [4.69, 9.17) is 4.74 Å². The second-order valence-electron chi connectivity index (χ2n) is 6.12. The van der Waals surface area contributed by atoms with Crippen LogP contribution in [0.3, 0.4) is 0 Å². The van der Waals surface area contributed by atoms with Crippen LogP contribution in [0.2, 0.25) is 0 Å². The molecule has 0 bridgehead atoms. The Hall–Kier alpha value is -3.80. The minimum Gasteiger partial charge on any atom is -0.497 e. The number of hydrogen-bond acceptors (Lipinski definition) is 4. The van der Waals surface area contributed by atoms with Gasteiger partial charge in [-0.2, -0.15) is 0 Å². The zero-order valence-electron chi connectivity index (χ0n) is 15.7. The Balaban J connectivity index is 1.78. The molecular weight excluding hydrogens is 354 g/mol. The third-order valence-corrected chi connectivity index (χ3v) is 3.98. The summed E-state index contributed by atoms with van der Waals surface area (Å²) in [5, 5.41) is 8.82. The van der Waals surface area contributed by atoms with Crippen LogP contribution < -0.4 is 20.7 Å². The molecule has 0 radical (unpaired) electrons. The molecular formula is C22H21N3O3. The molecule has 3 aromatic carbocycles. The van der Waals surface area contributed by atoms with Crippen LogP contribution in [0, 0.1) is 0 Å². The largest absolute Gasteiger partial charge is 0.497 e. The van der Waals surface area contributed by atoms with E-state index in [9.17, 15) is 9.59 Å². The summed E-state index contributed by atoms with van der Waals surface area (Å²) in [6.45, 7) is 1.44. The molecule has 2 amide bonds. The Morgan fingerprint density at radius 3 is 2.14 bits per heavy atom. The summed E-state index contributed by atoms with van der Waals surface area (Å²) in [5.41, 5.74) is 3.24. The standard InChI is InChI=1S/C22H21N3O3/c1-15(26)23-17-6-5-7-18(14-17)25-22(27)20-8-3-4-9-21(20)24-16-10-12-19(28-2)13-11-16/h3-14,24H,1-2H3,(H,23,26)(H,25,27). The molecule has 6 nitrogen and oxygen atoms in total. The van der Waals surface area contributed by atoms with Gasteiger partial charge in [0.25, 0.3) is 5.91 Å². The lowest BCUT2D eigenvalue weighted by Gasteiger charge is -2.13. The maximum Gasteiger partial charge on any atom is 0.257 e. The van der Waals surface area contributed by atoms with Gasteiger partial charge >= 0.3 is 0 Å². The third-order valence-electron chi connectivity index (χ3n) is 3.98. The van der Waals surface area contributed by atoms with E-state index < -0.39 is 0 Å². The highest BCUT2D eigenvalue weighted by Crippen LogP contribution is 2.24. The molecule has 3 N–H and O–H groups in total. The third kappa shape index (κ3) is 4.88. The van der Waals surface area contributed by atoms with Crippen LogP contribution >= 0.6 is 0 Å². The molecule has 0 aromatic heterocycles. The Bertz CT molecular complexity index is 984. The van der Waals surface area contributed by atoms with Crippen molar-refractivity contribution >= 4 is 34.6 Å². The van der Waals surface area contributed by atoms with Crippen molar-refractivity contribution in [1.82, 2.24) is 0 Å². The molecule has 0 heterocycles. The smallest absolute Gasteiger partial charge is 0.257 e. The maximum atomic E-state index is 12.8. The molecule has 0 aliphatic heterocycles. The Labute approximate surface area is 163 Å². The van der Waals surface area contributed by atoms with Gasteiger partial charge in [-0.25, -0.2) is 0 Å². The first-order chi connectivity index (χ1) is 13.5. The van der Waals surface area contributed by atoms with Gasteiger partial charge in [0.1, 0.15) is 5.75 Å². The highest BCUT2D eigenvalue weighted by molar-refractivity contribution is 6.08. The number of benzene rings is 3. The number of hydrogen-bond donors (Lipinski definition) is 3. The number of anilines is 4. The Kier molecular flexibility index (Phi) is 5.91. The lowest BCUT2D eigenvalue weighted by Crippen LogP contribution is -2.14. The zero-order chi connectivity index (χ0) is 19.9. The van der Waals surface area contributed by atoms with E-state index >= 15 is 0 Å². The number of methoxy groups -OCH3 is 1. The minimum atomic E-state index is -0.253. The van der Waals surface area contributed by atoms with Crippen LogP contribution in [0.1, 0.15) is 17.3 Å². The second-order valence-corrected chi connectivity index (χ2v) is 6.12. The van der Waals surface area contributed by atoms with Crippen molar-refractivity contribution in [2.75, 3.05) is 23.1 Å². The highest BCUT2D eigenvalue weighted by atomic mass is 16.5. The monoisotopic (exact) mass is 375 g/mol. The van der Waals surface area contributed by atoms with Crippen LogP contribution in [0.25, 0.3) is 0 Å². The first-order valence-corrected chi connectivity index (χ1v) is 8.74. The lowest BCUT2D eigenvalue weighted by molar-refractivity contribution is -0.114. The minimum absolute atomic E-state index is 0.169. The van der Waals surface area contributed by atoms with Crippen molar-refractivity contribution < 1.29 is 14.3 Å². The van der Waals surface area contributed by atoms with Crippen molar-refractivity contribution in [3.8, 4) is 5.75 Å². The molecule has 0 aliphatic rings. The molecule has 0 atom stereocenters. The summed E-state index contributed by atoms with van der Waals surface area (Å²) in [6, 6.07) is 21.7. The molecule has 3 aromatic rings. The van der Waals surface area contributed by atoms with Crippen LogP contribution in [0.5, 0.6) is 5.75 Å². The van der Waals surface area contributed by atoms with Gasteiger partial charge < -0.3 is 20.7 Å². The normalized spacial score (nSPS) is 10.1. The number of carbonyl (C=O) groups is 2. The molecule has 0 spiro atoms. The molecule has 0 fully saturated rings. The number of para-hydroxylation sites is 1. The molecule has 0 saturated heterocycles. The molecule has 142 valence electrons. The quantitative estimate of drug-likeness (QED) is 0.586. The number of nitrogens with one attached hydrogen (secondary N) is 3. The highest BCUT2D eigenvalue weighted by Gasteiger charge is 2.12. The van der Waals surface area contributed by atoms with Gasteiger partial charge in [-0.05, 0) is 54.6 Å². The molecule has 28 heavy (non-hydrogen) atoms. The maximum absolute atomic E-state index is 12.8. The number of ether oxygens (including phenoxy) is 1. The van der Waals surface area contributed by atoms with Gasteiger partial charge in [0.15, 0.2) is 0 Å². The van der Waals surface area contributed by atoms with Crippen LogP contribution in [-0.4, -0.2) is 18.9 Å². The molecule has 6 heteroatoms. The zero-order valence-corrected chi connectivity index (χ0v) is 15.7. The predicted molar refractivity (Wildman–Crippen MR) is 111 cm³/mol. The van der Waals surface area contributed by atoms with Gasteiger partial charge in [-0.15, -0.1) is 0 Å². The van der Waals surface area contributed by atoms with E-state index in [1.165, 1.54) is 6.92 Å². The van der Waals surface area contributed by atoms with Gasteiger partial charge in [0.05, 0.1) is 18.4 Å². The summed E-state index contributed by atoms with van der Waals surface area (Å²) in [7, 11) is 1.61. The van der Waals surface area contributed by atoms with Crippen LogP contribution in [0.15, 0.2) is 72.8 Å². The number of carbonyl (C=O) groups excluding carboxylic acids is 2. The lowest BCUT2D eigenvalue weighted by atomic mass is 10.1. The summed E-state index contributed by atoms with van der Waals surface area (Å²) in [5.74, 6) is 0.338. The SMILES string of the molecule is COc1ccc(Nc2ccccc2C(=O)Nc2cccc(NC(C)=O)c2)cc1. The number of rotatable bonds is 6. The van der Waals surface area contributed by atoms with Crippen molar-refractivity contribution in [3.05, 3.63) is 78.4 Å². The van der Waals surface area contributed by atoms with E-state index in [0.29, 0.717) is 22.6 Å². The molecule has 0 aliphatic carbocycles. The average Bonchev–Trinajstić information content (AvgIpc) is 2.69. The van der Waals surface area contributed by atoms with E-state index in [-0.39, 0.29) is 11.8 Å². The summed E-state index contributed by atoms with van der Waals surface area (Å²) < 4.78 is 5.16. The summed E-state index contributed by atoms with van der Waals surface area (Å²) in [4.78, 5) is 24.0. The van der Waals surface area contributed by atoms with Gasteiger partial charge in [0, 0.05) is 24.0 Å². The fourth-order valence-electron chi connectivity index (χ4n) is 2.70. The van der Waals surface area contributed by atoms with Crippen LogP contribution in [0.4, 0.5) is 22.7 Å². The predicted octanol–water partition coefficient (Wildman–Crippen LogP) is 4.65. The van der Waals surface area contributed by atoms with E-state index in [0.717, 1.165) is 11.4 Å². The van der Waals surface area contributed by atoms with E-state index in [1.807, 2.05) is 42.5 Å². The fourth-order valence-corrected chi connectivity index (χ4v) is 2.70. The first-order valence-electron chi connectivity index (χ1n) is 8.74. The second kappa shape index (κ2) is 8.73. The Morgan fingerprint density at radius 1 is 0.786 bits per heavy atom. The molecule has 0 unspecified atom stereocenters. The number of amides is 2. The summed E-state index contributed by atoms with van der Waals surface area (Å²) in [6.07, 6.45) is 0. The van der Waals surface area contributed by atoms with Crippen LogP contribution in [-0.2, 0) is 4.79 Å². The molecule has 0 saturated carbocycles. The van der Waals surface area contributed by atoms with Gasteiger partial charge in [-0.3, -0.25) is 9.59 Å².